The molecule has 0 aliphatic carbocycles. The number of aromatic nitrogens is 2. The van der Waals surface area contributed by atoms with E-state index < -0.39 is 11.7 Å². The lowest BCUT2D eigenvalue weighted by Gasteiger charge is -2.36. The molecule has 2 atom stereocenters. The molecular weight excluding hydrogens is 315 g/mol. The molecule has 4 rings (SSSR count). The highest BCUT2D eigenvalue weighted by Gasteiger charge is 2.42. The molecule has 0 saturated carbocycles. The van der Waals surface area contributed by atoms with Crippen molar-refractivity contribution in [3.05, 3.63) is 58.7 Å². The molecule has 3 heterocycles. The summed E-state index contributed by atoms with van der Waals surface area (Å²) in [5.74, 6) is 0.754. The van der Waals surface area contributed by atoms with Crippen LogP contribution >= 0.6 is 0 Å². The predicted molar refractivity (Wildman–Crippen MR) is 83.2 cm³/mol. The first-order valence-electron chi connectivity index (χ1n) is 8.17. The average molecular weight is 333 g/mol. The Balaban J connectivity index is 1.67. The lowest BCUT2D eigenvalue weighted by molar-refractivity contribution is -0.138. The average Bonchev–Trinajstić information content (AvgIpc) is 2.80. The summed E-state index contributed by atoms with van der Waals surface area (Å²) < 4.78 is 39.8. The molecule has 6 heteroatoms. The number of nitrogens with zero attached hydrogens (tertiary/aromatic N) is 3. The number of rotatable bonds is 2. The van der Waals surface area contributed by atoms with E-state index in [1.54, 1.807) is 12.1 Å². The van der Waals surface area contributed by atoms with Gasteiger partial charge in [0, 0.05) is 36.8 Å². The quantitative estimate of drug-likeness (QED) is 0.830. The van der Waals surface area contributed by atoms with E-state index in [0.717, 1.165) is 36.3 Å². The summed E-state index contributed by atoms with van der Waals surface area (Å²) in [7, 11) is 0. The summed E-state index contributed by atoms with van der Waals surface area (Å²) in [5, 5.41) is 0. The Labute approximate surface area is 138 Å². The molecule has 3 nitrogen and oxygen atoms in total. The Morgan fingerprint density at radius 1 is 1.21 bits per heavy atom. The molecule has 2 aliphatic rings. The van der Waals surface area contributed by atoms with Crippen LogP contribution in [0.1, 0.15) is 47.1 Å². The number of hydrogen-bond acceptors (Lipinski definition) is 3. The van der Waals surface area contributed by atoms with Crippen LogP contribution in [0.5, 0.6) is 0 Å². The summed E-state index contributed by atoms with van der Waals surface area (Å²) in [6.07, 6.45) is 0.284. The fourth-order valence-corrected chi connectivity index (χ4v) is 4.05. The number of benzene rings is 1. The van der Waals surface area contributed by atoms with Gasteiger partial charge in [-0.2, -0.15) is 13.2 Å². The summed E-state index contributed by atoms with van der Waals surface area (Å²) in [6, 6.07) is 6.27. The fourth-order valence-electron chi connectivity index (χ4n) is 4.05. The third kappa shape index (κ3) is 2.59. The summed E-state index contributed by atoms with van der Waals surface area (Å²) >= 11 is 0. The zero-order chi connectivity index (χ0) is 16.9. The molecular formula is C18H18F3N3. The largest absolute Gasteiger partial charge is 0.416 e. The van der Waals surface area contributed by atoms with Gasteiger partial charge in [0.25, 0.3) is 0 Å². The van der Waals surface area contributed by atoms with Gasteiger partial charge in [0.2, 0.25) is 0 Å². The van der Waals surface area contributed by atoms with Crippen LogP contribution in [0.2, 0.25) is 0 Å². The molecule has 1 aromatic carbocycles. The minimum Gasteiger partial charge on any atom is -0.289 e. The van der Waals surface area contributed by atoms with Gasteiger partial charge in [-0.05, 0) is 31.4 Å². The topological polar surface area (TPSA) is 29.0 Å². The Bertz CT molecular complexity index is 772. The van der Waals surface area contributed by atoms with Crippen LogP contribution in [0.3, 0.4) is 0 Å². The fraction of sp³-hybridized carbons (Fsp3) is 0.444. The molecule has 2 bridgehead atoms. The van der Waals surface area contributed by atoms with Crippen LogP contribution in [-0.4, -0.2) is 20.9 Å². The van der Waals surface area contributed by atoms with Gasteiger partial charge in [-0.3, -0.25) is 4.90 Å². The molecule has 0 N–H and O–H groups in total. The van der Waals surface area contributed by atoms with Gasteiger partial charge in [0.05, 0.1) is 11.3 Å². The van der Waals surface area contributed by atoms with E-state index in [4.69, 9.17) is 0 Å². The molecule has 24 heavy (non-hydrogen) atoms. The SMILES string of the molecule is Cc1ncc2c(n1)C[C@H]1CC[C@@H]2N1Cc1ccccc1C(F)(F)F. The predicted octanol–water partition coefficient (Wildman–Crippen LogP) is 4.07. The number of fused-ring (bicyclic) bond motifs is 4. The maximum absolute atomic E-state index is 13.3. The van der Waals surface area contributed by atoms with E-state index in [1.165, 1.54) is 12.1 Å². The number of halogens is 3. The molecule has 0 radical (unpaired) electrons. The minimum atomic E-state index is -4.32. The second-order valence-corrected chi connectivity index (χ2v) is 6.60. The van der Waals surface area contributed by atoms with Crippen LogP contribution in [0.15, 0.2) is 30.5 Å². The number of aryl methyl sites for hydroxylation is 1. The molecule has 1 aromatic heterocycles. The van der Waals surface area contributed by atoms with Crippen molar-refractivity contribution in [1.82, 2.24) is 14.9 Å². The number of alkyl halides is 3. The van der Waals surface area contributed by atoms with Crippen molar-refractivity contribution in [2.45, 2.75) is 51.0 Å². The van der Waals surface area contributed by atoms with E-state index in [0.29, 0.717) is 12.1 Å². The van der Waals surface area contributed by atoms with Gasteiger partial charge < -0.3 is 0 Å². The molecule has 2 aromatic rings. The van der Waals surface area contributed by atoms with Gasteiger partial charge in [-0.25, -0.2) is 9.97 Å². The maximum Gasteiger partial charge on any atom is 0.416 e. The van der Waals surface area contributed by atoms with Gasteiger partial charge in [0.15, 0.2) is 0 Å². The monoisotopic (exact) mass is 333 g/mol. The van der Waals surface area contributed by atoms with E-state index in [-0.39, 0.29) is 12.1 Å². The first-order valence-corrected chi connectivity index (χ1v) is 8.17. The summed E-state index contributed by atoms with van der Waals surface area (Å²) in [5.41, 5.74) is 1.96. The smallest absolute Gasteiger partial charge is 0.289 e. The highest BCUT2D eigenvalue weighted by Crippen LogP contribution is 2.44. The normalized spacial score (nSPS) is 23.3. The lowest BCUT2D eigenvalue weighted by Crippen LogP contribution is -2.38. The Kier molecular flexibility index (Phi) is 3.60. The van der Waals surface area contributed by atoms with Crippen molar-refractivity contribution in [1.29, 1.82) is 0 Å². The molecule has 1 saturated heterocycles. The van der Waals surface area contributed by atoms with Crippen molar-refractivity contribution in [3.63, 3.8) is 0 Å². The Hall–Kier alpha value is -1.95. The van der Waals surface area contributed by atoms with E-state index >= 15 is 0 Å². The first kappa shape index (κ1) is 15.6. The van der Waals surface area contributed by atoms with Crippen LogP contribution in [-0.2, 0) is 19.1 Å². The second-order valence-electron chi connectivity index (χ2n) is 6.60. The molecule has 126 valence electrons. The van der Waals surface area contributed by atoms with Crippen molar-refractivity contribution < 1.29 is 13.2 Å². The van der Waals surface area contributed by atoms with Crippen LogP contribution in [0, 0.1) is 6.92 Å². The van der Waals surface area contributed by atoms with E-state index in [2.05, 4.69) is 14.9 Å². The van der Waals surface area contributed by atoms with Crippen molar-refractivity contribution in [2.75, 3.05) is 0 Å². The van der Waals surface area contributed by atoms with Gasteiger partial charge in [-0.1, -0.05) is 18.2 Å². The van der Waals surface area contributed by atoms with Crippen molar-refractivity contribution in [3.8, 4) is 0 Å². The summed E-state index contributed by atoms with van der Waals surface area (Å²) in [4.78, 5) is 11.0. The van der Waals surface area contributed by atoms with Crippen LogP contribution in [0.25, 0.3) is 0 Å². The molecule has 2 aliphatic heterocycles. The third-order valence-corrected chi connectivity index (χ3v) is 5.13. The van der Waals surface area contributed by atoms with Gasteiger partial charge in [0.1, 0.15) is 5.82 Å². The van der Waals surface area contributed by atoms with E-state index in [1.807, 2.05) is 13.1 Å². The highest BCUT2D eigenvalue weighted by molar-refractivity contribution is 5.32. The minimum absolute atomic E-state index is 0.126. The zero-order valence-corrected chi connectivity index (χ0v) is 13.3. The maximum atomic E-state index is 13.3. The Morgan fingerprint density at radius 3 is 2.79 bits per heavy atom. The van der Waals surface area contributed by atoms with Crippen molar-refractivity contribution in [2.24, 2.45) is 0 Å². The van der Waals surface area contributed by atoms with Crippen LogP contribution < -0.4 is 0 Å². The third-order valence-electron chi connectivity index (χ3n) is 5.13. The molecule has 1 fully saturated rings. The lowest BCUT2D eigenvalue weighted by atomic mass is 9.97. The van der Waals surface area contributed by atoms with Crippen LogP contribution in [0.4, 0.5) is 13.2 Å². The number of hydrogen-bond donors (Lipinski definition) is 0. The molecule has 0 spiro atoms. The highest BCUT2D eigenvalue weighted by atomic mass is 19.4. The van der Waals surface area contributed by atoms with Gasteiger partial charge in [-0.15, -0.1) is 0 Å². The summed E-state index contributed by atoms with van der Waals surface area (Å²) in [6.45, 7) is 2.19. The zero-order valence-electron chi connectivity index (χ0n) is 13.3. The first-order chi connectivity index (χ1) is 11.4. The standard InChI is InChI=1S/C18H18F3N3/c1-11-22-9-14-16(23-11)8-13-6-7-17(14)24(13)10-12-4-2-3-5-15(12)18(19,20)21/h2-5,9,13,17H,6-8,10H2,1H3/t13-,17+/m1/s1. The van der Waals surface area contributed by atoms with E-state index in [9.17, 15) is 13.2 Å². The van der Waals surface area contributed by atoms with Gasteiger partial charge >= 0.3 is 6.18 Å². The Morgan fingerprint density at radius 2 is 2.00 bits per heavy atom. The molecule has 0 unspecified atom stereocenters. The second kappa shape index (κ2) is 5.55. The molecule has 0 amide bonds. The van der Waals surface area contributed by atoms with Crippen molar-refractivity contribution >= 4 is 0 Å².